The van der Waals surface area contributed by atoms with Crippen molar-refractivity contribution in [2.75, 3.05) is 0 Å². The van der Waals surface area contributed by atoms with Crippen LogP contribution in [0.4, 0.5) is 0 Å². The topological polar surface area (TPSA) is 61.8 Å². The molecular weight excluding hydrogens is 384 g/mol. The van der Waals surface area contributed by atoms with Gasteiger partial charge in [-0.3, -0.25) is 9.59 Å². The van der Waals surface area contributed by atoms with Crippen LogP contribution in [-0.4, -0.2) is 38.4 Å². The molecule has 1 aromatic rings. The number of ketones is 1. The minimum Gasteiger partial charge on any atom is -0.459 e. The molecule has 1 aliphatic carbocycles. The Morgan fingerprint density at radius 2 is 1.83 bits per heavy atom. The fraction of sp³-hybridized carbons (Fsp3) is 0.652. The van der Waals surface area contributed by atoms with Crippen molar-refractivity contribution in [3.63, 3.8) is 0 Å². The number of carbonyl (C=O) groups is 2. The summed E-state index contributed by atoms with van der Waals surface area (Å²) in [5, 5.41) is 0.0204. The normalized spacial score (nSPS) is 30.0. The van der Waals surface area contributed by atoms with Gasteiger partial charge in [0, 0.05) is 5.92 Å². The second-order valence-electron chi connectivity index (χ2n) is 9.91. The standard InChI is InChI=1S/C23H34O5Si/c1-15(24)19-17-12-13-18(26-14-16-10-8-7-9-11-16)21(20(17)27-22(19)25)28-29(5,6)23(2,3)4/h7-11,17-21H,12-14H2,1-6H3/t17-,18-,19-,20-,21+/m0/s1. The highest BCUT2D eigenvalue weighted by Crippen LogP contribution is 2.45. The van der Waals surface area contributed by atoms with E-state index in [2.05, 4.69) is 33.9 Å². The van der Waals surface area contributed by atoms with Crippen molar-refractivity contribution >= 4 is 20.1 Å². The number of hydrogen-bond donors (Lipinski definition) is 0. The van der Waals surface area contributed by atoms with Crippen molar-refractivity contribution in [1.29, 1.82) is 0 Å². The lowest BCUT2D eigenvalue weighted by Crippen LogP contribution is -2.55. The summed E-state index contributed by atoms with van der Waals surface area (Å²) < 4.78 is 18.8. The summed E-state index contributed by atoms with van der Waals surface area (Å²) in [7, 11) is -2.13. The van der Waals surface area contributed by atoms with Crippen LogP contribution in [0.15, 0.2) is 30.3 Å². The molecule has 0 N–H and O–H groups in total. The van der Waals surface area contributed by atoms with Crippen molar-refractivity contribution in [2.45, 2.75) is 83.6 Å². The first-order valence-electron chi connectivity index (χ1n) is 10.6. The van der Waals surface area contributed by atoms with E-state index in [1.807, 2.05) is 30.3 Å². The van der Waals surface area contributed by atoms with Crippen LogP contribution in [-0.2, 0) is 30.1 Å². The third kappa shape index (κ3) is 4.65. The van der Waals surface area contributed by atoms with Crippen molar-refractivity contribution < 1.29 is 23.5 Å². The monoisotopic (exact) mass is 418 g/mol. The summed E-state index contributed by atoms with van der Waals surface area (Å²) in [6, 6.07) is 10.1. The SMILES string of the molecule is CC(=O)[C@@H]1C(=O)O[C@H]2[C@H]1CC[C@H](OCc1ccccc1)[C@H]2O[Si](C)(C)C(C)(C)C. The van der Waals surface area contributed by atoms with E-state index < -0.39 is 26.3 Å². The van der Waals surface area contributed by atoms with Gasteiger partial charge in [0.2, 0.25) is 0 Å². The van der Waals surface area contributed by atoms with Crippen LogP contribution in [0, 0.1) is 11.8 Å². The Kier molecular flexibility index (Phi) is 6.37. The lowest BCUT2D eigenvalue weighted by molar-refractivity contribution is -0.157. The van der Waals surface area contributed by atoms with E-state index in [1.54, 1.807) is 0 Å². The molecule has 0 spiro atoms. The average molecular weight is 419 g/mol. The molecule has 0 aromatic heterocycles. The molecule has 1 aromatic carbocycles. The Labute approximate surface area is 175 Å². The van der Waals surface area contributed by atoms with Gasteiger partial charge >= 0.3 is 5.97 Å². The van der Waals surface area contributed by atoms with Gasteiger partial charge in [-0.2, -0.15) is 0 Å². The predicted octanol–water partition coefficient (Wildman–Crippen LogP) is 4.50. The van der Waals surface area contributed by atoms with Gasteiger partial charge in [-0.25, -0.2) is 0 Å². The molecule has 6 heteroatoms. The van der Waals surface area contributed by atoms with Gasteiger partial charge in [-0.15, -0.1) is 0 Å². The number of Topliss-reactive ketones (excluding diaryl/α,β-unsaturated/α-hetero) is 1. The van der Waals surface area contributed by atoms with Gasteiger partial charge in [0.25, 0.3) is 0 Å². The van der Waals surface area contributed by atoms with Gasteiger partial charge in [0.1, 0.15) is 23.9 Å². The molecule has 5 atom stereocenters. The van der Waals surface area contributed by atoms with Crippen LogP contribution >= 0.6 is 0 Å². The largest absolute Gasteiger partial charge is 0.459 e. The second kappa shape index (κ2) is 8.32. The summed E-state index contributed by atoms with van der Waals surface area (Å²) in [6.45, 7) is 12.9. The van der Waals surface area contributed by atoms with Gasteiger partial charge in [-0.1, -0.05) is 51.1 Å². The lowest BCUT2D eigenvalue weighted by Gasteiger charge is -2.45. The summed E-state index contributed by atoms with van der Waals surface area (Å²) in [6.07, 6.45) is 0.571. The van der Waals surface area contributed by atoms with Crippen LogP contribution in [0.1, 0.15) is 46.1 Å². The molecule has 1 saturated heterocycles. The smallest absolute Gasteiger partial charge is 0.317 e. The Hall–Kier alpha value is -1.50. The molecule has 0 amide bonds. The quantitative estimate of drug-likeness (QED) is 0.387. The molecule has 1 saturated carbocycles. The van der Waals surface area contributed by atoms with Gasteiger partial charge in [0.15, 0.2) is 8.32 Å². The van der Waals surface area contributed by atoms with Crippen molar-refractivity contribution in [3.05, 3.63) is 35.9 Å². The maximum atomic E-state index is 12.4. The fourth-order valence-corrected chi connectivity index (χ4v) is 5.44. The number of carbonyl (C=O) groups excluding carboxylic acids is 2. The molecule has 1 heterocycles. The third-order valence-electron chi connectivity index (χ3n) is 6.81. The first-order valence-corrected chi connectivity index (χ1v) is 13.5. The molecule has 160 valence electrons. The number of hydrogen-bond acceptors (Lipinski definition) is 5. The van der Waals surface area contributed by atoms with E-state index in [0.717, 1.165) is 18.4 Å². The zero-order valence-electron chi connectivity index (χ0n) is 18.4. The maximum absolute atomic E-state index is 12.4. The van der Waals surface area contributed by atoms with Gasteiger partial charge in [0.05, 0.1) is 12.7 Å². The summed E-state index contributed by atoms with van der Waals surface area (Å²) in [4.78, 5) is 24.5. The Balaban J connectivity index is 1.84. The Morgan fingerprint density at radius 3 is 2.41 bits per heavy atom. The van der Waals surface area contributed by atoms with Gasteiger partial charge < -0.3 is 13.9 Å². The van der Waals surface area contributed by atoms with Crippen LogP contribution < -0.4 is 0 Å². The van der Waals surface area contributed by atoms with E-state index in [9.17, 15) is 9.59 Å². The van der Waals surface area contributed by atoms with Crippen LogP contribution in [0.2, 0.25) is 18.1 Å². The molecule has 0 unspecified atom stereocenters. The highest BCUT2D eigenvalue weighted by atomic mass is 28.4. The average Bonchev–Trinajstić information content (AvgIpc) is 2.97. The fourth-order valence-electron chi connectivity index (χ4n) is 4.12. The molecule has 2 fully saturated rings. The van der Waals surface area contributed by atoms with E-state index in [4.69, 9.17) is 13.9 Å². The molecular formula is C23H34O5Si. The molecule has 3 rings (SSSR count). The van der Waals surface area contributed by atoms with Crippen LogP contribution in [0.25, 0.3) is 0 Å². The number of rotatable bonds is 6. The van der Waals surface area contributed by atoms with Crippen molar-refractivity contribution in [2.24, 2.45) is 11.8 Å². The first-order chi connectivity index (χ1) is 13.5. The van der Waals surface area contributed by atoms with E-state index in [0.29, 0.717) is 6.61 Å². The number of esters is 1. The number of benzene rings is 1. The predicted molar refractivity (Wildman–Crippen MR) is 114 cm³/mol. The molecule has 0 bridgehead atoms. The number of ether oxygens (including phenoxy) is 2. The maximum Gasteiger partial charge on any atom is 0.317 e. The van der Waals surface area contributed by atoms with E-state index >= 15 is 0 Å². The number of fused-ring (bicyclic) bond motifs is 1. The van der Waals surface area contributed by atoms with E-state index in [-0.39, 0.29) is 28.9 Å². The first kappa shape index (κ1) is 22.2. The zero-order valence-corrected chi connectivity index (χ0v) is 19.4. The molecule has 1 aliphatic heterocycles. The summed E-state index contributed by atoms with van der Waals surface area (Å²) >= 11 is 0. The van der Waals surface area contributed by atoms with E-state index in [1.165, 1.54) is 6.92 Å². The highest BCUT2D eigenvalue weighted by Gasteiger charge is 2.56. The summed E-state index contributed by atoms with van der Waals surface area (Å²) in [5.74, 6) is -1.30. The van der Waals surface area contributed by atoms with Crippen molar-refractivity contribution in [3.8, 4) is 0 Å². The van der Waals surface area contributed by atoms with Crippen LogP contribution in [0.3, 0.4) is 0 Å². The minimum atomic E-state index is -2.13. The second-order valence-corrected chi connectivity index (χ2v) is 14.7. The minimum absolute atomic E-state index is 0.0204. The third-order valence-corrected chi connectivity index (χ3v) is 11.3. The molecule has 5 nitrogen and oxygen atoms in total. The lowest BCUT2D eigenvalue weighted by atomic mass is 9.76. The molecule has 29 heavy (non-hydrogen) atoms. The zero-order chi connectivity index (χ0) is 21.4. The Bertz CT molecular complexity index is 739. The highest BCUT2D eigenvalue weighted by molar-refractivity contribution is 6.74. The molecule has 2 aliphatic rings. The van der Waals surface area contributed by atoms with Crippen LogP contribution in [0.5, 0.6) is 0 Å². The Morgan fingerprint density at radius 1 is 1.17 bits per heavy atom. The summed E-state index contributed by atoms with van der Waals surface area (Å²) in [5.41, 5.74) is 1.10. The van der Waals surface area contributed by atoms with Crippen molar-refractivity contribution in [1.82, 2.24) is 0 Å². The molecule has 0 radical (unpaired) electrons. The van der Waals surface area contributed by atoms with Gasteiger partial charge in [-0.05, 0) is 43.5 Å².